The van der Waals surface area contributed by atoms with Crippen molar-refractivity contribution in [3.8, 4) is 17.2 Å². The second-order valence-electron chi connectivity index (χ2n) is 8.54. The molecule has 2 aliphatic rings. The van der Waals surface area contributed by atoms with E-state index in [9.17, 15) is 5.11 Å². The number of aliphatic hydroxyl groups excluding tert-OH is 1. The van der Waals surface area contributed by atoms with Gasteiger partial charge in [-0.05, 0) is 23.3 Å². The fraction of sp³-hybridized carbons (Fsp3) is 0.333. The number of piperazine rings is 1. The maximum absolute atomic E-state index is 10.6. The minimum absolute atomic E-state index is 0.239. The predicted molar refractivity (Wildman–Crippen MR) is 127 cm³/mol. The van der Waals surface area contributed by atoms with Crippen LogP contribution in [-0.4, -0.2) is 67.1 Å². The Morgan fingerprint density at radius 2 is 1.42 bits per heavy atom. The van der Waals surface area contributed by atoms with Crippen LogP contribution in [0.25, 0.3) is 0 Å². The minimum atomic E-state index is -0.555. The first-order chi connectivity index (χ1) is 16.3. The van der Waals surface area contributed by atoms with Crippen LogP contribution in [0.5, 0.6) is 17.2 Å². The maximum atomic E-state index is 10.6. The topological polar surface area (TPSA) is 54.4 Å². The Balaban J connectivity index is 1.14. The zero-order valence-electron chi connectivity index (χ0n) is 18.7. The van der Waals surface area contributed by atoms with Crippen molar-refractivity contribution in [3.05, 3.63) is 90.0 Å². The van der Waals surface area contributed by atoms with Gasteiger partial charge >= 0.3 is 0 Å². The van der Waals surface area contributed by atoms with Crippen molar-refractivity contribution in [2.45, 2.75) is 12.1 Å². The van der Waals surface area contributed by atoms with Gasteiger partial charge in [0.2, 0.25) is 6.79 Å². The molecule has 0 amide bonds. The smallest absolute Gasteiger partial charge is 0.231 e. The van der Waals surface area contributed by atoms with Crippen molar-refractivity contribution in [3.63, 3.8) is 0 Å². The van der Waals surface area contributed by atoms with E-state index in [0.717, 1.165) is 31.9 Å². The lowest BCUT2D eigenvalue weighted by molar-refractivity contribution is 0.0400. The standard InChI is InChI=1S/C27H30N2O4/c30-23(19-31-24-11-12-25-26(17-24)33-20-32-25)18-28-13-15-29(16-14-28)27(21-7-3-1-4-8-21)22-9-5-2-6-10-22/h1-12,17,23,27,30H,13-16,18-20H2. The molecule has 0 bridgehead atoms. The van der Waals surface area contributed by atoms with Crippen molar-refractivity contribution < 1.29 is 19.3 Å². The highest BCUT2D eigenvalue weighted by molar-refractivity contribution is 5.46. The number of fused-ring (bicyclic) bond motifs is 1. The van der Waals surface area contributed by atoms with E-state index in [1.54, 1.807) is 6.07 Å². The largest absolute Gasteiger partial charge is 0.491 e. The van der Waals surface area contributed by atoms with Gasteiger partial charge < -0.3 is 19.3 Å². The molecule has 2 aliphatic heterocycles. The summed E-state index contributed by atoms with van der Waals surface area (Å²) in [5.41, 5.74) is 2.63. The number of nitrogens with zero attached hydrogens (tertiary/aromatic N) is 2. The number of benzene rings is 3. The average Bonchev–Trinajstić information content (AvgIpc) is 3.33. The van der Waals surface area contributed by atoms with E-state index in [-0.39, 0.29) is 19.4 Å². The summed E-state index contributed by atoms with van der Waals surface area (Å²) in [6.45, 7) is 4.81. The van der Waals surface area contributed by atoms with E-state index < -0.39 is 6.10 Å². The Labute approximate surface area is 194 Å². The lowest BCUT2D eigenvalue weighted by Gasteiger charge is -2.40. The molecule has 3 aromatic carbocycles. The van der Waals surface area contributed by atoms with E-state index in [0.29, 0.717) is 18.0 Å². The number of ether oxygens (including phenoxy) is 3. The molecular formula is C27H30N2O4. The van der Waals surface area contributed by atoms with E-state index in [1.807, 2.05) is 12.1 Å². The first kappa shape index (κ1) is 21.8. The van der Waals surface area contributed by atoms with Crippen LogP contribution in [0.3, 0.4) is 0 Å². The third kappa shape index (κ3) is 5.30. The molecule has 1 fully saturated rings. The van der Waals surface area contributed by atoms with Crippen LogP contribution < -0.4 is 14.2 Å². The third-order valence-electron chi connectivity index (χ3n) is 6.26. The first-order valence-electron chi connectivity index (χ1n) is 11.5. The molecule has 6 nitrogen and oxygen atoms in total. The molecular weight excluding hydrogens is 416 g/mol. The van der Waals surface area contributed by atoms with Crippen molar-refractivity contribution in [1.29, 1.82) is 0 Å². The highest BCUT2D eigenvalue weighted by Gasteiger charge is 2.27. The van der Waals surface area contributed by atoms with Crippen molar-refractivity contribution >= 4 is 0 Å². The normalized spacial score (nSPS) is 17.3. The molecule has 1 unspecified atom stereocenters. The molecule has 172 valence electrons. The van der Waals surface area contributed by atoms with Crippen LogP contribution in [0, 0.1) is 0 Å². The number of β-amino-alcohol motifs (C(OH)–C–C–N with tert-alkyl or cyclic N) is 1. The fourth-order valence-corrected chi connectivity index (χ4v) is 4.60. The van der Waals surface area contributed by atoms with E-state index in [1.165, 1.54) is 11.1 Å². The second-order valence-corrected chi connectivity index (χ2v) is 8.54. The zero-order chi connectivity index (χ0) is 22.5. The predicted octanol–water partition coefficient (Wildman–Crippen LogP) is 3.56. The molecule has 0 radical (unpaired) electrons. The quantitative estimate of drug-likeness (QED) is 0.571. The summed E-state index contributed by atoms with van der Waals surface area (Å²) in [5, 5.41) is 10.6. The van der Waals surface area contributed by atoms with Crippen LogP contribution in [-0.2, 0) is 0 Å². The second kappa shape index (κ2) is 10.3. The van der Waals surface area contributed by atoms with Gasteiger partial charge in [0.25, 0.3) is 0 Å². The molecule has 3 aromatic rings. The van der Waals surface area contributed by atoms with Gasteiger partial charge in [-0.25, -0.2) is 0 Å². The van der Waals surface area contributed by atoms with Gasteiger partial charge in [-0.1, -0.05) is 60.7 Å². The minimum Gasteiger partial charge on any atom is -0.491 e. The molecule has 1 atom stereocenters. The fourth-order valence-electron chi connectivity index (χ4n) is 4.60. The van der Waals surface area contributed by atoms with Crippen molar-refractivity contribution in [2.75, 3.05) is 46.1 Å². The molecule has 5 rings (SSSR count). The number of hydrogen-bond acceptors (Lipinski definition) is 6. The SMILES string of the molecule is OC(COc1ccc2c(c1)OCO2)CN1CCN(C(c2ccccc2)c2ccccc2)CC1. The molecule has 6 heteroatoms. The monoisotopic (exact) mass is 446 g/mol. The Morgan fingerprint density at radius 1 is 0.788 bits per heavy atom. The summed E-state index contributed by atoms with van der Waals surface area (Å²) >= 11 is 0. The third-order valence-corrected chi connectivity index (χ3v) is 6.26. The summed E-state index contributed by atoms with van der Waals surface area (Å²) in [6, 6.07) is 27.1. The van der Waals surface area contributed by atoms with Gasteiger partial charge in [-0.15, -0.1) is 0 Å². The van der Waals surface area contributed by atoms with E-state index in [2.05, 4.69) is 70.5 Å². The lowest BCUT2D eigenvalue weighted by atomic mass is 9.96. The summed E-state index contributed by atoms with van der Waals surface area (Å²) in [5.74, 6) is 2.09. The summed E-state index contributed by atoms with van der Waals surface area (Å²) < 4.78 is 16.5. The summed E-state index contributed by atoms with van der Waals surface area (Å²) in [4.78, 5) is 4.86. The van der Waals surface area contributed by atoms with Gasteiger partial charge in [0, 0.05) is 38.8 Å². The van der Waals surface area contributed by atoms with Gasteiger partial charge in [0.05, 0.1) is 6.04 Å². The molecule has 0 saturated carbocycles. The number of hydrogen-bond donors (Lipinski definition) is 1. The van der Waals surface area contributed by atoms with Crippen LogP contribution in [0.4, 0.5) is 0 Å². The van der Waals surface area contributed by atoms with Gasteiger partial charge in [0.1, 0.15) is 18.5 Å². The Kier molecular flexibility index (Phi) is 6.76. The number of aliphatic hydroxyl groups is 1. The van der Waals surface area contributed by atoms with Crippen LogP contribution in [0.15, 0.2) is 78.9 Å². The molecule has 0 aromatic heterocycles. The Bertz CT molecular complexity index is 983. The zero-order valence-corrected chi connectivity index (χ0v) is 18.7. The molecule has 2 heterocycles. The van der Waals surface area contributed by atoms with E-state index in [4.69, 9.17) is 14.2 Å². The molecule has 1 N–H and O–H groups in total. The molecule has 1 saturated heterocycles. The first-order valence-corrected chi connectivity index (χ1v) is 11.5. The average molecular weight is 447 g/mol. The van der Waals surface area contributed by atoms with Crippen molar-refractivity contribution in [2.24, 2.45) is 0 Å². The highest BCUT2D eigenvalue weighted by Crippen LogP contribution is 2.35. The maximum Gasteiger partial charge on any atom is 0.231 e. The molecule has 33 heavy (non-hydrogen) atoms. The lowest BCUT2D eigenvalue weighted by Crippen LogP contribution is -2.50. The molecule has 0 spiro atoms. The van der Waals surface area contributed by atoms with Crippen LogP contribution >= 0.6 is 0 Å². The van der Waals surface area contributed by atoms with Crippen LogP contribution in [0.2, 0.25) is 0 Å². The Morgan fingerprint density at radius 3 is 2.09 bits per heavy atom. The van der Waals surface area contributed by atoms with Gasteiger partial charge in [-0.2, -0.15) is 0 Å². The van der Waals surface area contributed by atoms with Crippen molar-refractivity contribution in [1.82, 2.24) is 9.80 Å². The highest BCUT2D eigenvalue weighted by atomic mass is 16.7. The summed E-state index contributed by atoms with van der Waals surface area (Å²) in [6.07, 6.45) is -0.555. The van der Waals surface area contributed by atoms with E-state index >= 15 is 0 Å². The summed E-state index contributed by atoms with van der Waals surface area (Å²) in [7, 11) is 0. The molecule has 0 aliphatic carbocycles. The van der Waals surface area contributed by atoms with Crippen LogP contribution in [0.1, 0.15) is 17.2 Å². The number of rotatable bonds is 8. The van der Waals surface area contributed by atoms with Gasteiger partial charge in [0.15, 0.2) is 11.5 Å². The Hall–Kier alpha value is -3.06. The van der Waals surface area contributed by atoms with Gasteiger partial charge in [-0.3, -0.25) is 9.80 Å².